The Morgan fingerprint density at radius 1 is 1.30 bits per heavy atom. The van der Waals surface area contributed by atoms with Gasteiger partial charge in [-0.15, -0.1) is 0 Å². The van der Waals surface area contributed by atoms with E-state index in [0.717, 1.165) is 0 Å². The zero-order valence-electron chi connectivity index (χ0n) is 6.29. The van der Waals surface area contributed by atoms with Gasteiger partial charge in [0.15, 0.2) is 6.17 Å². The van der Waals surface area contributed by atoms with Crippen LogP contribution in [0.15, 0.2) is 0 Å². The molecule has 0 radical (unpaired) electrons. The molecule has 1 aliphatic carbocycles. The fourth-order valence-corrected chi connectivity index (χ4v) is 1.18. The molecular formula is C7H11F3. The van der Waals surface area contributed by atoms with E-state index in [1.807, 2.05) is 0 Å². The predicted octanol–water partition coefficient (Wildman–Crippen LogP) is 2.64. The average molecular weight is 152 g/mol. The molecule has 1 fully saturated rings. The van der Waals surface area contributed by atoms with E-state index in [1.54, 1.807) is 13.8 Å². The average Bonchev–Trinajstić information content (AvgIpc) is 2.16. The zero-order chi connectivity index (χ0) is 8.15. The first-order chi connectivity index (χ1) is 4.35. The van der Waals surface area contributed by atoms with Crippen molar-refractivity contribution in [2.24, 2.45) is 11.3 Å². The van der Waals surface area contributed by atoms with Crippen molar-refractivity contribution in [3.63, 3.8) is 0 Å². The third-order valence-electron chi connectivity index (χ3n) is 2.68. The van der Waals surface area contributed by atoms with E-state index in [-0.39, 0.29) is 5.92 Å². The van der Waals surface area contributed by atoms with E-state index < -0.39 is 17.5 Å². The summed E-state index contributed by atoms with van der Waals surface area (Å²) in [6, 6.07) is 0. The van der Waals surface area contributed by atoms with Gasteiger partial charge in [0.25, 0.3) is 5.92 Å². The monoisotopic (exact) mass is 152 g/mol. The zero-order valence-corrected chi connectivity index (χ0v) is 6.29. The molecule has 60 valence electrons. The van der Waals surface area contributed by atoms with Crippen LogP contribution in [0, 0.1) is 11.3 Å². The van der Waals surface area contributed by atoms with Crippen LogP contribution in [-0.2, 0) is 0 Å². The van der Waals surface area contributed by atoms with Crippen LogP contribution in [0.2, 0.25) is 0 Å². The fourth-order valence-electron chi connectivity index (χ4n) is 1.18. The summed E-state index contributed by atoms with van der Waals surface area (Å²) >= 11 is 0. The Kier molecular flexibility index (Phi) is 1.33. The molecular weight excluding hydrogens is 141 g/mol. The van der Waals surface area contributed by atoms with E-state index in [4.69, 9.17) is 0 Å². The second-order valence-electron chi connectivity index (χ2n) is 3.42. The number of rotatable bonds is 1. The summed E-state index contributed by atoms with van der Waals surface area (Å²) in [5.41, 5.74) is -1.40. The Balaban J connectivity index is 2.78. The highest BCUT2D eigenvalue weighted by Crippen LogP contribution is 2.66. The first kappa shape index (κ1) is 7.89. The smallest absolute Gasteiger partial charge is 0.240 e. The molecule has 0 N–H and O–H groups in total. The predicted molar refractivity (Wildman–Crippen MR) is 32.8 cm³/mol. The van der Waals surface area contributed by atoms with Gasteiger partial charge in [-0.1, -0.05) is 20.8 Å². The highest BCUT2D eigenvalue weighted by Gasteiger charge is 2.80. The molecule has 0 saturated heterocycles. The summed E-state index contributed by atoms with van der Waals surface area (Å²) in [6.07, 6.45) is -1.93. The van der Waals surface area contributed by atoms with Crippen molar-refractivity contribution in [1.29, 1.82) is 0 Å². The molecule has 0 aliphatic heterocycles. The van der Waals surface area contributed by atoms with E-state index in [2.05, 4.69) is 0 Å². The molecule has 1 rings (SSSR count). The highest BCUT2D eigenvalue weighted by atomic mass is 19.3. The number of halogens is 3. The Hall–Kier alpha value is -0.210. The summed E-state index contributed by atoms with van der Waals surface area (Å²) in [7, 11) is 0. The first-order valence-corrected chi connectivity index (χ1v) is 3.37. The molecule has 0 nitrogen and oxygen atoms in total. The van der Waals surface area contributed by atoms with Crippen LogP contribution in [0.4, 0.5) is 13.2 Å². The fraction of sp³-hybridized carbons (Fsp3) is 1.00. The van der Waals surface area contributed by atoms with Crippen LogP contribution in [-0.4, -0.2) is 12.1 Å². The molecule has 0 heterocycles. The molecule has 1 aliphatic rings. The third-order valence-corrected chi connectivity index (χ3v) is 2.68. The maximum absolute atomic E-state index is 12.4. The molecule has 0 aromatic carbocycles. The van der Waals surface area contributed by atoms with E-state index >= 15 is 0 Å². The van der Waals surface area contributed by atoms with Crippen molar-refractivity contribution in [3.05, 3.63) is 0 Å². The summed E-state index contributed by atoms with van der Waals surface area (Å²) in [5, 5.41) is 0. The van der Waals surface area contributed by atoms with Crippen molar-refractivity contribution in [2.75, 3.05) is 0 Å². The molecule has 0 aromatic rings. The minimum atomic E-state index is -3.08. The summed E-state index contributed by atoms with van der Waals surface area (Å²) in [4.78, 5) is 0. The minimum Gasteiger partial charge on any atom is -0.240 e. The van der Waals surface area contributed by atoms with Crippen LogP contribution < -0.4 is 0 Å². The van der Waals surface area contributed by atoms with E-state index in [1.165, 1.54) is 6.92 Å². The lowest BCUT2D eigenvalue weighted by molar-refractivity contribution is 0.0449. The van der Waals surface area contributed by atoms with Crippen LogP contribution in [0.5, 0.6) is 0 Å². The van der Waals surface area contributed by atoms with Gasteiger partial charge >= 0.3 is 0 Å². The molecule has 1 saturated carbocycles. The molecule has 0 amide bonds. The molecule has 0 bridgehead atoms. The second-order valence-corrected chi connectivity index (χ2v) is 3.42. The van der Waals surface area contributed by atoms with Gasteiger partial charge < -0.3 is 0 Å². The molecule has 2 unspecified atom stereocenters. The largest absolute Gasteiger partial charge is 0.287 e. The van der Waals surface area contributed by atoms with Gasteiger partial charge in [0.1, 0.15) is 0 Å². The molecule has 10 heavy (non-hydrogen) atoms. The van der Waals surface area contributed by atoms with Gasteiger partial charge in [-0.3, -0.25) is 0 Å². The van der Waals surface area contributed by atoms with E-state index in [9.17, 15) is 13.2 Å². The normalized spacial score (nSPS) is 44.1. The topological polar surface area (TPSA) is 0 Å². The molecule has 3 heteroatoms. The van der Waals surface area contributed by atoms with Crippen LogP contribution >= 0.6 is 0 Å². The van der Waals surface area contributed by atoms with Crippen LogP contribution in [0.3, 0.4) is 0 Å². The number of alkyl halides is 3. The maximum atomic E-state index is 12.4. The number of hydrogen-bond acceptors (Lipinski definition) is 0. The second kappa shape index (κ2) is 1.69. The maximum Gasteiger partial charge on any atom is 0.287 e. The van der Waals surface area contributed by atoms with E-state index in [0.29, 0.717) is 0 Å². The van der Waals surface area contributed by atoms with Crippen molar-refractivity contribution >= 4 is 0 Å². The Morgan fingerprint density at radius 2 is 1.60 bits per heavy atom. The number of hydrogen-bond donors (Lipinski definition) is 0. The Labute approximate surface area is 58.4 Å². The highest BCUT2D eigenvalue weighted by molar-refractivity contribution is 5.18. The lowest BCUT2D eigenvalue weighted by Crippen LogP contribution is -2.13. The lowest BCUT2D eigenvalue weighted by Gasteiger charge is -2.11. The van der Waals surface area contributed by atoms with Crippen molar-refractivity contribution < 1.29 is 13.2 Å². The quantitative estimate of drug-likeness (QED) is 0.541. The molecule has 0 spiro atoms. The van der Waals surface area contributed by atoms with Gasteiger partial charge in [-0.2, -0.15) is 0 Å². The SMILES string of the molecule is CC(C)C1(C)C(F)C1(F)F. The van der Waals surface area contributed by atoms with Crippen molar-refractivity contribution in [1.82, 2.24) is 0 Å². The minimum absolute atomic E-state index is 0.294. The van der Waals surface area contributed by atoms with Crippen LogP contribution in [0.25, 0.3) is 0 Å². The Bertz CT molecular complexity index is 153. The van der Waals surface area contributed by atoms with Gasteiger partial charge in [-0.05, 0) is 5.92 Å². The van der Waals surface area contributed by atoms with Gasteiger partial charge in [0.05, 0.1) is 5.41 Å². The van der Waals surface area contributed by atoms with Crippen LogP contribution in [0.1, 0.15) is 20.8 Å². The molecule has 0 aromatic heterocycles. The van der Waals surface area contributed by atoms with Gasteiger partial charge in [0.2, 0.25) is 0 Å². The molecule has 2 atom stereocenters. The third kappa shape index (κ3) is 0.584. The standard InChI is InChI=1S/C7H11F3/c1-4(2)6(3)5(8)7(6,9)10/h4-5H,1-3H3. The van der Waals surface area contributed by atoms with Gasteiger partial charge in [0, 0.05) is 0 Å². The van der Waals surface area contributed by atoms with Gasteiger partial charge in [-0.25, -0.2) is 13.2 Å². The summed E-state index contributed by atoms with van der Waals surface area (Å²) in [6.45, 7) is 4.53. The lowest BCUT2D eigenvalue weighted by atomic mass is 9.94. The first-order valence-electron chi connectivity index (χ1n) is 3.37. The van der Waals surface area contributed by atoms with Crippen molar-refractivity contribution in [2.45, 2.75) is 32.9 Å². The van der Waals surface area contributed by atoms with Crippen molar-refractivity contribution in [3.8, 4) is 0 Å². The Morgan fingerprint density at radius 3 is 1.60 bits per heavy atom. The summed E-state index contributed by atoms with van der Waals surface area (Å²) < 4.78 is 37.3. The summed E-state index contributed by atoms with van der Waals surface area (Å²) in [5.74, 6) is -3.38.